The van der Waals surface area contributed by atoms with Crippen molar-refractivity contribution in [1.82, 2.24) is 4.90 Å². The van der Waals surface area contributed by atoms with Gasteiger partial charge < -0.3 is 23.8 Å². The number of hydrogen-bond donors (Lipinski definition) is 0. The van der Waals surface area contributed by atoms with Crippen LogP contribution in [0.4, 0.5) is 17.6 Å². The number of allylic oxidation sites excluding steroid dienone is 1. The average Bonchev–Trinajstić information content (AvgIpc) is 3.44. The van der Waals surface area contributed by atoms with E-state index in [9.17, 15) is 17.6 Å². The Morgan fingerprint density at radius 1 is 0.841 bits per heavy atom. The first-order valence-electron chi connectivity index (χ1n) is 14.1. The number of nitrogens with zero attached hydrogens (tertiary/aromatic N) is 2. The van der Waals surface area contributed by atoms with E-state index >= 15 is 0 Å². The lowest BCUT2D eigenvalue weighted by atomic mass is 9.82. The van der Waals surface area contributed by atoms with Crippen LogP contribution < -0.4 is 18.9 Å². The van der Waals surface area contributed by atoms with E-state index in [1.165, 1.54) is 23.9 Å². The van der Waals surface area contributed by atoms with Crippen LogP contribution in [0.3, 0.4) is 0 Å². The zero-order chi connectivity index (χ0) is 30.2. The molecule has 226 valence electrons. The summed E-state index contributed by atoms with van der Waals surface area (Å²) in [6, 6.07) is 18.9. The second kappa shape index (κ2) is 12.0. The summed E-state index contributed by atoms with van der Waals surface area (Å²) in [6.07, 6.45) is 4.51. The van der Waals surface area contributed by atoms with Gasteiger partial charge in [0.1, 0.15) is 24.7 Å². The fraction of sp³-hybridized carbons (Fsp3) is 0.242. The van der Waals surface area contributed by atoms with Crippen LogP contribution in [0.2, 0.25) is 0 Å². The maximum Gasteiger partial charge on any atom is 0.387 e. The Hall–Kier alpha value is -4.38. The first kappa shape index (κ1) is 28.4. The molecule has 6 nitrogen and oxygen atoms in total. The van der Waals surface area contributed by atoms with E-state index in [1.54, 1.807) is 24.3 Å². The summed E-state index contributed by atoms with van der Waals surface area (Å²) in [5.41, 5.74) is 6.67. The Labute approximate surface area is 255 Å². The number of halogens is 4. The van der Waals surface area contributed by atoms with Crippen molar-refractivity contribution in [3.63, 3.8) is 0 Å². The lowest BCUT2D eigenvalue weighted by molar-refractivity contribution is -0.0505. The standard InChI is InChI=1S/C33H26F4N2O4S/c34-31(35)42-23-9-4-19(5-10-23)16-22-2-1-3-25-29(22)38-33-39(30(25)20-6-11-24(12-7-20)43-32(36)37)26(18-44-33)21-8-13-27-28(17-21)41-15-14-40-27/h4-13,16-18,30-32H,1-3,14-15H2/b22-16+/t30-/m1/s1. The number of ether oxygens (including phenoxy) is 4. The Kier molecular flexibility index (Phi) is 7.71. The number of amidine groups is 1. The molecule has 3 aromatic carbocycles. The number of alkyl halides is 4. The van der Waals surface area contributed by atoms with E-state index in [2.05, 4.69) is 19.8 Å². The number of benzene rings is 3. The second-order valence-corrected chi connectivity index (χ2v) is 11.3. The summed E-state index contributed by atoms with van der Waals surface area (Å²) in [7, 11) is 0. The highest BCUT2D eigenvalue weighted by Gasteiger charge is 2.40. The Balaban J connectivity index is 1.29. The zero-order valence-corrected chi connectivity index (χ0v) is 24.0. The molecule has 3 aliphatic heterocycles. The average molecular weight is 623 g/mol. The predicted octanol–water partition coefficient (Wildman–Crippen LogP) is 8.64. The van der Waals surface area contributed by atoms with E-state index < -0.39 is 13.2 Å². The van der Waals surface area contributed by atoms with Gasteiger partial charge in [0, 0.05) is 11.0 Å². The number of thioether (sulfide) groups is 1. The van der Waals surface area contributed by atoms with Crippen LogP contribution in [-0.4, -0.2) is 36.5 Å². The summed E-state index contributed by atoms with van der Waals surface area (Å²) in [5.74, 6) is 1.56. The van der Waals surface area contributed by atoms with Crippen LogP contribution in [0.1, 0.15) is 42.0 Å². The van der Waals surface area contributed by atoms with Gasteiger partial charge in [0.25, 0.3) is 0 Å². The quantitative estimate of drug-likeness (QED) is 0.246. The normalized spacial score (nSPS) is 20.0. The smallest absolute Gasteiger partial charge is 0.387 e. The molecule has 0 fully saturated rings. The van der Waals surface area contributed by atoms with Gasteiger partial charge in [0.2, 0.25) is 0 Å². The van der Waals surface area contributed by atoms with Crippen molar-refractivity contribution in [2.24, 2.45) is 4.99 Å². The van der Waals surface area contributed by atoms with E-state index in [1.807, 2.05) is 36.4 Å². The molecule has 3 aromatic rings. The minimum atomic E-state index is -2.91. The van der Waals surface area contributed by atoms with Gasteiger partial charge in [-0.25, -0.2) is 4.99 Å². The summed E-state index contributed by atoms with van der Waals surface area (Å²) in [5, 5.41) is 2.86. The fourth-order valence-electron chi connectivity index (χ4n) is 5.91. The van der Waals surface area contributed by atoms with Gasteiger partial charge in [0.05, 0.1) is 17.4 Å². The molecule has 0 bridgehead atoms. The highest BCUT2D eigenvalue weighted by molar-refractivity contribution is 8.16. The molecule has 1 aliphatic carbocycles. The predicted molar refractivity (Wildman–Crippen MR) is 160 cm³/mol. The molecule has 0 aromatic heterocycles. The third-order valence-corrected chi connectivity index (χ3v) is 8.58. The van der Waals surface area contributed by atoms with E-state index in [0.717, 1.165) is 63.7 Å². The lowest BCUT2D eigenvalue weighted by Gasteiger charge is -2.40. The summed E-state index contributed by atoms with van der Waals surface area (Å²) in [4.78, 5) is 7.35. The van der Waals surface area contributed by atoms with Gasteiger partial charge in [-0.05, 0) is 90.1 Å². The van der Waals surface area contributed by atoms with Crippen LogP contribution in [-0.2, 0) is 0 Å². The van der Waals surface area contributed by atoms with Crippen molar-refractivity contribution >= 4 is 28.7 Å². The van der Waals surface area contributed by atoms with Gasteiger partial charge >= 0.3 is 13.2 Å². The molecule has 44 heavy (non-hydrogen) atoms. The fourth-order valence-corrected chi connectivity index (χ4v) is 6.84. The maximum atomic E-state index is 12.9. The summed E-state index contributed by atoms with van der Waals surface area (Å²) < 4.78 is 71.8. The van der Waals surface area contributed by atoms with Crippen molar-refractivity contribution in [3.05, 3.63) is 106 Å². The van der Waals surface area contributed by atoms with Crippen molar-refractivity contribution in [1.29, 1.82) is 0 Å². The minimum Gasteiger partial charge on any atom is -0.486 e. The van der Waals surface area contributed by atoms with E-state index in [-0.39, 0.29) is 17.5 Å². The molecular weight excluding hydrogens is 596 g/mol. The van der Waals surface area contributed by atoms with Crippen LogP contribution in [0, 0.1) is 0 Å². The van der Waals surface area contributed by atoms with E-state index in [4.69, 9.17) is 14.5 Å². The maximum absolute atomic E-state index is 12.9. The molecule has 0 unspecified atom stereocenters. The molecule has 1 atom stereocenters. The highest BCUT2D eigenvalue weighted by atomic mass is 32.2. The monoisotopic (exact) mass is 622 g/mol. The van der Waals surface area contributed by atoms with Crippen molar-refractivity contribution in [3.8, 4) is 23.0 Å². The molecule has 0 radical (unpaired) electrons. The molecule has 7 rings (SSSR count). The first-order chi connectivity index (χ1) is 21.4. The molecule has 0 saturated carbocycles. The van der Waals surface area contributed by atoms with Gasteiger partial charge in [-0.1, -0.05) is 36.0 Å². The van der Waals surface area contributed by atoms with Crippen LogP contribution in [0.5, 0.6) is 23.0 Å². The number of fused-ring (bicyclic) bond motifs is 2. The SMILES string of the molecule is FC(F)Oc1ccc(/C=C2\CCCC3=C2N=C2SC=C(c4ccc5c(c4)OCCO5)N2[C@@H]3c2ccc(OC(F)F)cc2)cc1. The van der Waals surface area contributed by atoms with Crippen LogP contribution >= 0.6 is 11.8 Å². The minimum absolute atomic E-state index is 0.0875. The van der Waals surface area contributed by atoms with Crippen molar-refractivity contribution in [2.75, 3.05) is 13.2 Å². The molecule has 3 heterocycles. The number of rotatable bonds is 7. The molecule has 0 saturated heterocycles. The molecule has 0 spiro atoms. The summed E-state index contributed by atoms with van der Waals surface area (Å²) >= 11 is 1.52. The molecule has 0 N–H and O–H groups in total. The van der Waals surface area contributed by atoms with Crippen molar-refractivity contribution in [2.45, 2.75) is 38.5 Å². The third-order valence-electron chi connectivity index (χ3n) is 7.74. The van der Waals surface area contributed by atoms with Crippen molar-refractivity contribution < 1.29 is 36.5 Å². The molecule has 0 amide bonds. The van der Waals surface area contributed by atoms with Gasteiger partial charge in [-0.15, -0.1) is 0 Å². The first-order valence-corrected chi connectivity index (χ1v) is 15.0. The Bertz CT molecular complexity index is 1690. The van der Waals surface area contributed by atoms with Crippen LogP contribution in [0.15, 0.2) is 94.0 Å². The molecule has 4 aliphatic rings. The summed E-state index contributed by atoms with van der Waals surface area (Å²) in [6.45, 7) is -4.82. The second-order valence-electron chi connectivity index (χ2n) is 10.4. The van der Waals surface area contributed by atoms with Gasteiger partial charge in [0.15, 0.2) is 16.7 Å². The van der Waals surface area contributed by atoms with Gasteiger partial charge in [-0.3, -0.25) is 0 Å². The van der Waals surface area contributed by atoms with Gasteiger partial charge in [-0.2, -0.15) is 17.6 Å². The Morgan fingerprint density at radius 2 is 1.52 bits per heavy atom. The highest BCUT2D eigenvalue weighted by Crippen LogP contribution is 2.51. The molecular formula is C33H26F4N2O4S. The lowest BCUT2D eigenvalue weighted by Crippen LogP contribution is -2.34. The van der Waals surface area contributed by atoms with E-state index in [0.29, 0.717) is 24.7 Å². The zero-order valence-electron chi connectivity index (χ0n) is 23.2. The number of aliphatic imine (C=N–C) groups is 1. The van der Waals surface area contributed by atoms with Crippen LogP contribution in [0.25, 0.3) is 11.8 Å². The molecule has 11 heteroatoms. The number of hydrogen-bond acceptors (Lipinski definition) is 7. The third kappa shape index (κ3) is 5.63. The Morgan fingerprint density at radius 3 is 2.23 bits per heavy atom. The topological polar surface area (TPSA) is 52.5 Å². The largest absolute Gasteiger partial charge is 0.486 e.